The lowest BCUT2D eigenvalue weighted by Crippen LogP contribution is -3.07. The van der Waals surface area contributed by atoms with Gasteiger partial charge in [0.05, 0.1) is 20.3 Å². The molecule has 2 heterocycles. The van der Waals surface area contributed by atoms with Gasteiger partial charge in [-0.2, -0.15) is 4.68 Å². The molecule has 1 unspecified atom stereocenters. The molecule has 2 aromatic rings. The molecule has 1 aliphatic heterocycles. The van der Waals surface area contributed by atoms with E-state index < -0.39 is 0 Å². The van der Waals surface area contributed by atoms with Crippen molar-refractivity contribution < 1.29 is 14.0 Å². The first-order valence-electron chi connectivity index (χ1n) is 8.64. The number of ether oxygens (including phenoxy) is 1. The van der Waals surface area contributed by atoms with Crippen LogP contribution in [0.15, 0.2) is 24.3 Å². The van der Waals surface area contributed by atoms with E-state index in [1.165, 1.54) is 17.0 Å². The fourth-order valence-electron chi connectivity index (χ4n) is 3.07. The van der Waals surface area contributed by atoms with Gasteiger partial charge in [-0.15, -0.1) is 5.10 Å². The first kappa shape index (κ1) is 18.0. The number of halogens is 1. The van der Waals surface area contributed by atoms with Crippen LogP contribution in [0.1, 0.15) is 12.5 Å². The van der Waals surface area contributed by atoms with E-state index >= 15 is 0 Å². The Labute approximate surface area is 152 Å². The molecule has 136 valence electrons. The van der Waals surface area contributed by atoms with E-state index in [-0.39, 0.29) is 5.82 Å². The minimum Gasteiger partial charge on any atom is -0.378 e. The van der Waals surface area contributed by atoms with E-state index in [1.54, 1.807) is 0 Å². The lowest BCUT2D eigenvalue weighted by atomic mass is 10.2. The molecule has 8 heteroatoms. The second-order valence-corrected chi connectivity index (χ2v) is 6.71. The molecule has 0 bridgehead atoms. The molecule has 0 radical (unpaired) electrons. The number of nitrogens with zero attached hydrogens (tertiary/aromatic N) is 4. The van der Waals surface area contributed by atoms with Gasteiger partial charge in [-0.1, -0.05) is 12.1 Å². The summed E-state index contributed by atoms with van der Waals surface area (Å²) >= 11 is 5.62. The number of nitrogens with one attached hydrogen (secondary N) is 1. The fourth-order valence-corrected chi connectivity index (χ4v) is 3.38. The number of anilines is 1. The van der Waals surface area contributed by atoms with Crippen molar-refractivity contribution in [1.82, 2.24) is 14.3 Å². The molecule has 1 N–H and O–H groups in total. The highest BCUT2D eigenvalue weighted by Gasteiger charge is 2.20. The number of rotatable bonds is 6. The highest BCUT2D eigenvalue weighted by molar-refractivity contribution is 7.71. The van der Waals surface area contributed by atoms with Crippen LogP contribution in [0.25, 0.3) is 0 Å². The summed E-state index contributed by atoms with van der Waals surface area (Å²) in [6, 6.07) is 6.64. The van der Waals surface area contributed by atoms with Crippen molar-refractivity contribution >= 4 is 18.2 Å². The Hall–Kier alpha value is -1.77. The Morgan fingerprint density at radius 3 is 2.56 bits per heavy atom. The van der Waals surface area contributed by atoms with Crippen LogP contribution in [0.4, 0.5) is 10.3 Å². The van der Waals surface area contributed by atoms with E-state index in [0.29, 0.717) is 6.67 Å². The smallest absolute Gasteiger partial charge is 0.226 e. The van der Waals surface area contributed by atoms with E-state index in [2.05, 4.69) is 23.4 Å². The number of aromatic nitrogens is 3. The quantitative estimate of drug-likeness (QED) is 0.777. The largest absolute Gasteiger partial charge is 0.378 e. The van der Waals surface area contributed by atoms with Gasteiger partial charge in [0.25, 0.3) is 0 Å². The zero-order valence-electron chi connectivity index (χ0n) is 14.7. The molecular formula is C17H25FN5OS+. The van der Waals surface area contributed by atoms with Crippen molar-refractivity contribution in [2.75, 3.05) is 38.3 Å². The third-order valence-corrected chi connectivity index (χ3v) is 4.78. The second-order valence-electron chi connectivity index (χ2n) is 6.34. The summed E-state index contributed by atoms with van der Waals surface area (Å²) in [4.78, 5) is 3.46. The van der Waals surface area contributed by atoms with E-state index in [4.69, 9.17) is 22.1 Å². The van der Waals surface area contributed by atoms with Gasteiger partial charge in [-0.05, 0) is 31.3 Å². The SMILES string of the molecule is CCn1c(N2CCOCC2)nn(C[NH+](C)Cc2ccc(F)cc2)c1=S. The lowest BCUT2D eigenvalue weighted by Gasteiger charge is -2.27. The standard InChI is InChI=1S/C17H24FN5OS/c1-3-22-16(21-8-10-24-11-9-21)19-23(17(22)25)13-20(2)12-14-4-6-15(18)7-5-14/h4-7H,3,8-13H2,1-2H3/p+1. The van der Waals surface area contributed by atoms with Crippen LogP contribution in [0.2, 0.25) is 0 Å². The number of hydrogen-bond donors (Lipinski definition) is 1. The fraction of sp³-hybridized carbons (Fsp3) is 0.529. The number of quaternary nitrogens is 1. The van der Waals surface area contributed by atoms with Crippen molar-refractivity contribution in [2.45, 2.75) is 26.7 Å². The molecule has 1 aromatic heterocycles. The first-order valence-corrected chi connectivity index (χ1v) is 9.05. The second kappa shape index (κ2) is 8.07. The van der Waals surface area contributed by atoms with Crippen LogP contribution in [0.5, 0.6) is 0 Å². The molecule has 1 saturated heterocycles. The van der Waals surface area contributed by atoms with Gasteiger partial charge in [0.2, 0.25) is 10.7 Å². The molecule has 0 saturated carbocycles. The summed E-state index contributed by atoms with van der Waals surface area (Å²) in [6.45, 7) is 7.45. The summed E-state index contributed by atoms with van der Waals surface area (Å²) in [5.74, 6) is 0.714. The van der Waals surface area contributed by atoms with Crippen LogP contribution in [0.3, 0.4) is 0 Å². The Bertz CT molecular complexity index is 751. The predicted octanol–water partition coefficient (Wildman–Crippen LogP) is 1.08. The summed E-state index contributed by atoms with van der Waals surface area (Å²) in [6.07, 6.45) is 0. The summed E-state index contributed by atoms with van der Waals surface area (Å²) in [5.41, 5.74) is 1.09. The molecule has 3 rings (SSSR count). The van der Waals surface area contributed by atoms with Crippen LogP contribution >= 0.6 is 12.2 Å². The highest BCUT2D eigenvalue weighted by Crippen LogP contribution is 2.14. The normalized spacial score (nSPS) is 16.2. The van der Waals surface area contributed by atoms with Gasteiger partial charge in [0.15, 0.2) is 6.67 Å². The van der Waals surface area contributed by atoms with Crippen molar-refractivity contribution in [2.24, 2.45) is 0 Å². The molecule has 1 fully saturated rings. The minimum atomic E-state index is -0.208. The molecule has 1 aliphatic rings. The van der Waals surface area contributed by atoms with Crippen LogP contribution in [0, 0.1) is 10.6 Å². The third kappa shape index (κ3) is 4.26. The molecule has 25 heavy (non-hydrogen) atoms. The van der Waals surface area contributed by atoms with Crippen LogP contribution in [-0.4, -0.2) is 47.7 Å². The Morgan fingerprint density at radius 2 is 1.92 bits per heavy atom. The average molecular weight is 366 g/mol. The summed E-state index contributed by atoms with van der Waals surface area (Å²) in [7, 11) is 2.09. The summed E-state index contributed by atoms with van der Waals surface area (Å²) < 4.78 is 23.2. The Balaban J connectivity index is 1.74. The molecule has 6 nitrogen and oxygen atoms in total. The highest BCUT2D eigenvalue weighted by atomic mass is 32.1. The maximum atomic E-state index is 13.0. The van der Waals surface area contributed by atoms with Gasteiger partial charge >= 0.3 is 0 Å². The topological polar surface area (TPSA) is 39.7 Å². The van der Waals surface area contributed by atoms with E-state index in [9.17, 15) is 4.39 Å². The predicted molar refractivity (Wildman–Crippen MR) is 96.7 cm³/mol. The monoisotopic (exact) mass is 366 g/mol. The van der Waals surface area contributed by atoms with Gasteiger partial charge in [-0.3, -0.25) is 4.57 Å². The molecule has 1 aromatic carbocycles. The molecular weight excluding hydrogens is 341 g/mol. The van der Waals surface area contributed by atoms with Gasteiger partial charge in [0.1, 0.15) is 12.4 Å². The molecule has 0 aliphatic carbocycles. The number of benzene rings is 1. The van der Waals surface area contributed by atoms with Crippen molar-refractivity contribution in [3.8, 4) is 0 Å². The summed E-state index contributed by atoms with van der Waals surface area (Å²) in [5, 5.41) is 4.76. The van der Waals surface area contributed by atoms with Crippen LogP contribution in [-0.2, 0) is 24.5 Å². The maximum Gasteiger partial charge on any atom is 0.226 e. The number of hydrogen-bond acceptors (Lipinski definition) is 4. The van der Waals surface area contributed by atoms with Crippen molar-refractivity contribution in [3.63, 3.8) is 0 Å². The molecule has 0 spiro atoms. The third-order valence-electron chi connectivity index (χ3n) is 4.35. The maximum absolute atomic E-state index is 13.0. The average Bonchev–Trinajstić information content (AvgIpc) is 2.93. The Morgan fingerprint density at radius 1 is 1.24 bits per heavy atom. The van der Waals surface area contributed by atoms with E-state index in [0.717, 1.165) is 55.7 Å². The van der Waals surface area contributed by atoms with E-state index in [1.807, 2.05) is 16.8 Å². The number of morpholine rings is 1. The first-order chi connectivity index (χ1) is 12.1. The van der Waals surface area contributed by atoms with Gasteiger partial charge < -0.3 is 14.5 Å². The lowest BCUT2D eigenvalue weighted by molar-refractivity contribution is -0.917. The molecule has 1 atom stereocenters. The Kier molecular flexibility index (Phi) is 5.82. The zero-order valence-corrected chi connectivity index (χ0v) is 15.6. The molecule has 0 amide bonds. The van der Waals surface area contributed by atoms with Crippen molar-refractivity contribution in [1.29, 1.82) is 0 Å². The van der Waals surface area contributed by atoms with Crippen molar-refractivity contribution in [3.05, 3.63) is 40.4 Å². The van der Waals surface area contributed by atoms with Crippen LogP contribution < -0.4 is 9.80 Å². The van der Waals surface area contributed by atoms with Gasteiger partial charge in [-0.25, -0.2) is 4.39 Å². The zero-order chi connectivity index (χ0) is 17.8. The minimum absolute atomic E-state index is 0.208. The van der Waals surface area contributed by atoms with Gasteiger partial charge in [0, 0.05) is 25.2 Å².